The van der Waals surface area contributed by atoms with Crippen LogP contribution in [0, 0.1) is 0 Å². The normalized spacial score (nSPS) is 11.4. The summed E-state index contributed by atoms with van der Waals surface area (Å²) < 4.78 is 31.3. The van der Waals surface area contributed by atoms with Crippen molar-refractivity contribution >= 4 is 10.0 Å². The second-order valence-corrected chi connectivity index (χ2v) is 6.12. The second kappa shape index (κ2) is 7.06. The highest BCUT2D eigenvalue weighted by atomic mass is 32.2. The lowest BCUT2D eigenvalue weighted by Crippen LogP contribution is -2.31. The third-order valence-corrected chi connectivity index (χ3v) is 4.02. The highest BCUT2D eigenvalue weighted by Gasteiger charge is 2.09. The Morgan fingerprint density at radius 2 is 2.05 bits per heavy atom. The van der Waals surface area contributed by atoms with Gasteiger partial charge >= 0.3 is 0 Å². The third-order valence-electron chi connectivity index (χ3n) is 2.64. The van der Waals surface area contributed by atoms with E-state index < -0.39 is 10.0 Å². The van der Waals surface area contributed by atoms with Gasteiger partial charge in [0.05, 0.1) is 5.75 Å². The molecule has 0 spiro atoms. The van der Waals surface area contributed by atoms with Gasteiger partial charge in [-0.2, -0.15) is 0 Å². The molecule has 0 atom stereocenters. The molecule has 0 aliphatic rings. The first-order chi connectivity index (χ1) is 9.66. The second-order valence-electron chi connectivity index (χ2n) is 4.19. The minimum atomic E-state index is -3.28. The molecule has 0 unspecified atom stereocenters. The van der Waals surface area contributed by atoms with Crippen molar-refractivity contribution in [3.63, 3.8) is 0 Å². The standard InChI is InChI=1S/C13H17N3O3S/c17-20(18,11-6-12-4-2-1-3-5-12)16-9-10-19-13-14-7-8-15-13/h1-5,7-8,16H,6,9-11H2,(H,14,15). The van der Waals surface area contributed by atoms with Gasteiger partial charge in [0.15, 0.2) is 0 Å². The summed E-state index contributed by atoms with van der Waals surface area (Å²) in [5, 5.41) is 0. The van der Waals surface area contributed by atoms with E-state index >= 15 is 0 Å². The number of aryl methyl sites for hydroxylation is 1. The van der Waals surface area contributed by atoms with Crippen LogP contribution in [-0.2, 0) is 16.4 Å². The monoisotopic (exact) mass is 295 g/mol. The van der Waals surface area contributed by atoms with Crippen LogP contribution in [0.3, 0.4) is 0 Å². The van der Waals surface area contributed by atoms with Crippen molar-refractivity contribution in [1.82, 2.24) is 14.7 Å². The number of sulfonamides is 1. The molecule has 1 aromatic heterocycles. The van der Waals surface area contributed by atoms with Gasteiger partial charge < -0.3 is 9.72 Å². The Morgan fingerprint density at radius 3 is 2.75 bits per heavy atom. The molecule has 0 fully saturated rings. The van der Waals surface area contributed by atoms with Crippen LogP contribution in [0.4, 0.5) is 0 Å². The van der Waals surface area contributed by atoms with Gasteiger partial charge in [-0.05, 0) is 12.0 Å². The quantitative estimate of drug-likeness (QED) is 0.710. The van der Waals surface area contributed by atoms with E-state index in [1.807, 2.05) is 30.3 Å². The largest absolute Gasteiger partial charge is 0.463 e. The van der Waals surface area contributed by atoms with Crippen molar-refractivity contribution in [3.8, 4) is 6.01 Å². The number of hydrogen-bond acceptors (Lipinski definition) is 4. The van der Waals surface area contributed by atoms with Gasteiger partial charge in [-0.3, -0.25) is 0 Å². The van der Waals surface area contributed by atoms with Gasteiger partial charge in [-0.15, -0.1) is 0 Å². The predicted molar refractivity (Wildman–Crippen MR) is 76.0 cm³/mol. The van der Waals surface area contributed by atoms with Crippen LogP contribution in [0.25, 0.3) is 0 Å². The number of imidazole rings is 1. The molecule has 0 radical (unpaired) electrons. The fourth-order valence-corrected chi connectivity index (χ4v) is 2.69. The topological polar surface area (TPSA) is 84.1 Å². The van der Waals surface area contributed by atoms with Crippen molar-refractivity contribution < 1.29 is 13.2 Å². The van der Waals surface area contributed by atoms with Crippen LogP contribution < -0.4 is 9.46 Å². The first-order valence-electron chi connectivity index (χ1n) is 6.29. The fourth-order valence-electron chi connectivity index (χ4n) is 1.64. The van der Waals surface area contributed by atoms with E-state index in [9.17, 15) is 8.42 Å². The molecular formula is C13H17N3O3S. The van der Waals surface area contributed by atoms with Crippen molar-refractivity contribution in [3.05, 3.63) is 48.3 Å². The van der Waals surface area contributed by atoms with E-state index in [4.69, 9.17) is 4.74 Å². The summed E-state index contributed by atoms with van der Waals surface area (Å²) in [6, 6.07) is 9.90. The summed E-state index contributed by atoms with van der Waals surface area (Å²) in [4.78, 5) is 6.64. The SMILES string of the molecule is O=S(=O)(CCc1ccccc1)NCCOc1ncc[nH]1. The number of H-pyrrole nitrogens is 1. The Hall–Kier alpha value is -1.86. The number of rotatable bonds is 8. The molecule has 0 amide bonds. The number of aromatic nitrogens is 2. The molecule has 1 heterocycles. The highest BCUT2D eigenvalue weighted by Crippen LogP contribution is 2.01. The Labute approximate surface area is 118 Å². The minimum absolute atomic E-state index is 0.0672. The number of aromatic amines is 1. The van der Waals surface area contributed by atoms with E-state index in [2.05, 4.69) is 14.7 Å². The van der Waals surface area contributed by atoms with Crippen LogP contribution in [0.5, 0.6) is 6.01 Å². The number of nitrogens with one attached hydrogen (secondary N) is 2. The highest BCUT2D eigenvalue weighted by molar-refractivity contribution is 7.89. The molecular weight excluding hydrogens is 278 g/mol. The Morgan fingerprint density at radius 1 is 1.25 bits per heavy atom. The van der Waals surface area contributed by atoms with Gasteiger partial charge in [0.25, 0.3) is 6.01 Å². The van der Waals surface area contributed by atoms with Crippen LogP contribution in [0.1, 0.15) is 5.56 Å². The predicted octanol–water partition coefficient (Wildman–Crippen LogP) is 0.951. The number of hydrogen-bond donors (Lipinski definition) is 2. The lowest BCUT2D eigenvalue weighted by molar-refractivity contribution is 0.300. The lowest BCUT2D eigenvalue weighted by atomic mass is 10.2. The van der Waals surface area contributed by atoms with Gasteiger partial charge in [0, 0.05) is 18.9 Å². The first-order valence-corrected chi connectivity index (χ1v) is 7.94. The van der Waals surface area contributed by atoms with E-state index in [1.54, 1.807) is 12.4 Å². The maximum Gasteiger partial charge on any atom is 0.293 e. The molecule has 1 aromatic carbocycles. The molecule has 6 nitrogen and oxygen atoms in total. The molecule has 20 heavy (non-hydrogen) atoms. The van der Waals surface area contributed by atoms with Crippen molar-refractivity contribution in [2.24, 2.45) is 0 Å². The van der Waals surface area contributed by atoms with Crippen molar-refractivity contribution in [2.45, 2.75) is 6.42 Å². The summed E-state index contributed by atoms with van der Waals surface area (Å²) in [7, 11) is -3.28. The molecule has 0 aliphatic carbocycles. The molecule has 2 N–H and O–H groups in total. The maximum absolute atomic E-state index is 11.8. The Balaban J connectivity index is 1.68. The van der Waals surface area contributed by atoms with Gasteiger partial charge in [0.1, 0.15) is 6.61 Å². The third kappa shape index (κ3) is 5.02. The van der Waals surface area contributed by atoms with Gasteiger partial charge in [0.2, 0.25) is 10.0 Å². The molecule has 0 aliphatic heterocycles. The van der Waals surface area contributed by atoms with Crippen LogP contribution in [0.2, 0.25) is 0 Å². The summed E-state index contributed by atoms with van der Waals surface area (Å²) in [5.41, 5.74) is 1.00. The van der Waals surface area contributed by atoms with Crippen LogP contribution in [0.15, 0.2) is 42.7 Å². The van der Waals surface area contributed by atoms with Crippen LogP contribution in [-0.4, -0.2) is 37.3 Å². The smallest absolute Gasteiger partial charge is 0.293 e. The molecule has 2 aromatic rings. The summed E-state index contributed by atoms with van der Waals surface area (Å²) in [6.07, 6.45) is 3.70. The molecule has 0 saturated carbocycles. The van der Waals surface area contributed by atoms with Gasteiger partial charge in [-0.1, -0.05) is 30.3 Å². The van der Waals surface area contributed by atoms with E-state index in [0.717, 1.165) is 5.56 Å². The molecule has 2 rings (SSSR count). The summed E-state index contributed by atoms with van der Waals surface area (Å²) in [5.74, 6) is 0.0672. The minimum Gasteiger partial charge on any atom is -0.463 e. The Bertz CT molecular complexity index is 597. The average Bonchev–Trinajstić information content (AvgIpc) is 2.96. The van der Waals surface area contributed by atoms with Gasteiger partial charge in [-0.25, -0.2) is 18.1 Å². The average molecular weight is 295 g/mol. The number of benzene rings is 1. The molecule has 0 saturated heterocycles. The Kier molecular flexibility index (Phi) is 5.14. The summed E-state index contributed by atoms with van der Waals surface area (Å²) in [6.45, 7) is 0.454. The zero-order chi connectivity index (χ0) is 14.3. The van der Waals surface area contributed by atoms with Crippen LogP contribution >= 0.6 is 0 Å². The first kappa shape index (κ1) is 14.5. The zero-order valence-electron chi connectivity index (χ0n) is 11.0. The molecule has 0 bridgehead atoms. The number of nitrogens with zero attached hydrogens (tertiary/aromatic N) is 1. The van der Waals surface area contributed by atoms with E-state index in [1.165, 1.54) is 0 Å². The van der Waals surface area contributed by atoms with E-state index in [0.29, 0.717) is 12.4 Å². The lowest BCUT2D eigenvalue weighted by Gasteiger charge is -2.07. The van der Waals surface area contributed by atoms with Crippen molar-refractivity contribution in [2.75, 3.05) is 18.9 Å². The summed E-state index contributed by atoms with van der Waals surface area (Å²) >= 11 is 0. The van der Waals surface area contributed by atoms with Crippen molar-refractivity contribution in [1.29, 1.82) is 0 Å². The van der Waals surface area contributed by atoms with E-state index in [-0.39, 0.29) is 18.9 Å². The maximum atomic E-state index is 11.8. The molecule has 7 heteroatoms. The number of ether oxygens (including phenoxy) is 1. The molecule has 108 valence electrons. The zero-order valence-corrected chi connectivity index (χ0v) is 11.8. The fraction of sp³-hybridized carbons (Fsp3) is 0.308.